The van der Waals surface area contributed by atoms with Crippen molar-refractivity contribution in [3.05, 3.63) is 0 Å². The molecule has 0 aliphatic carbocycles. The van der Waals surface area contributed by atoms with Crippen molar-refractivity contribution in [2.45, 2.75) is 165 Å². The number of terminal acetylenes is 1. The van der Waals surface area contributed by atoms with Gasteiger partial charge in [0.1, 0.15) is 20.4 Å². The summed E-state index contributed by atoms with van der Waals surface area (Å²) < 4.78 is 47.0. The fraction of sp³-hybridized carbons (Fsp3) is 0.941. The smallest absolute Gasteiger partial charge is 0.146 e. The average Bonchev–Trinajstić information content (AvgIpc) is 3.68. The van der Waals surface area contributed by atoms with Crippen LogP contribution < -0.4 is 0 Å². The maximum atomic E-state index is 6.63. The second kappa shape index (κ2) is 24.5. The Hall–Kier alpha value is -0.760. The zero-order chi connectivity index (χ0) is 30.3. The largest absolute Gasteiger partial charge is 0.371 e. The molecule has 0 spiro atoms. The lowest BCUT2D eigenvalue weighted by atomic mass is 9.98. The summed E-state index contributed by atoms with van der Waals surface area (Å²) in [7, 11) is 4.97. The predicted octanol–water partition coefficient (Wildman–Crippen LogP) is 7.16. The van der Waals surface area contributed by atoms with E-state index in [2.05, 4.69) is 12.8 Å². The molecule has 8 nitrogen and oxygen atoms in total. The summed E-state index contributed by atoms with van der Waals surface area (Å²) in [5.41, 5.74) is 0. The molecule has 42 heavy (non-hydrogen) atoms. The number of hydrogen-bond acceptors (Lipinski definition) is 8. The van der Waals surface area contributed by atoms with E-state index < -0.39 is 0 Å². The normalized spacial score (nSPS) is 24.5. The maximum Gasteiger partial charge on any atom is 0.146 e. The standard InChI is InChI=1S/C34H62O8/c1-6-8-9-10-11-12-13-14-15-16-18-29(38-25-35-3)33-23-24-34(42-33)31(40-27-37-5)22-21-30(39-26-36-4)32-20-19-28(41-32)17-7-2/h2,28-34H,6,8-27H2,1,3-5H3/t28-,29-,30+,31-,32+,33-,34-/m1/s1. The topological polar surface area (TPSA) is 73.8 Å². The molecule has 0 aromatic heterocycles. The SMILES string of the molecule is C#CC[C@@H]1CC[C@@H]([C@H](CC[C@@H](OCOC)[C@H]2CC[C@H]([C@@H](CCCCCCCCCCCC)OCOC)O2)OCOC)O1. The van der Waals surface area contributed by atoms with Crippen molar-refractivity contribution in [3.63, 3.8) is 0 Å². The summed E-state index contributed by atoms with van der Waals surface area (Å²) in [4.78, 5) is 0. The van der Waals surface area contributed by atoms with Gasteiger partial charge in [-0.05, 0) is 44.9 Å². The first-order valence-electron chi connectivity index (χ1n) is 16.7. The molecule has 2 heterocycles. The van der Waals surface area contributed by atoms with E-state index in [0.29, 0.717) is 6.42 Å². The van der Waals surface area contributed by atoms with Crippen LogP contribution in [0.2, 0.25) is 0 Å². The van der Waals surface area contributed by atoms with Crippen molar-refractivity contribution in [2.75, 3.05) is 41.7 Å². The van der Waals surface area contributed by atoms with E-state index >= 15 is 0 Å². The average molecular weight is 599 g/mol. The highest BCUT2D eigenvalue weighted by Gasteiger charge is 2.38. The first-order valence-corrected chi connectivity index (χ1v) is 16.7. The summed E-state index contributed by atoms with van der Waals surface area (Å²) in [6, 6.07) is 0. The molecule has 8 heteroatoms. The van der Waals surface area contributed by atoms with Gasteiger partial charge in [-0.15, -0.1) is 12.3 Å². The van der Waals surface area contributed by atoms with Gasteiger partial charge in [-0.1, -0.05) is 71.1 Å². The van der Waals surface area contributed by atoms with Crippen molar-refractivity contribution in [2.24, 2.45) is 0 Å². The molecule has 246 valence electrons. The van der Waals surface area contributed by atoms with Crippen LogP contribution in [-0.4, -0.2) is 84.4 Å². The molecule has 7 atom stereocenters. The van der Waals surface area contributed by atoms with Gasteiger partial charge in [0.05, 0.1) is 42.7 Å². The lowest BCUT2D eigenvalue weighted by Crippen LogP contribution is -2.36. The van der Waals surface area contributed by atoms with Crippen molar-refractivity contribution >= 4 is 0 Å². The van der Waals surface area contributed by atoms with Gasteiger partial charge in [-0.3, -0.25) is 0 Å². The van der Waals surface area contributed by atoms with E-state index in [1.807, 2.05) is 0 Å². The number of unbranched alkanes of at least 4 members (excludes halogenated alkanes) is 9. The molecule has 0 saturated carbocycles. The molecule has 0 radical (unpaired) electrons. The van der Waals surface area contributed by atoms with Crippen molar-refractivity contribution in [1.29, 1.82) is 0 Å². The highest BCUT2D eigenvalue weighted by molar-refractivity contribution is 4.92. The van der Waals surface area contributed by atoms with Gasteiger partial charge in [-0.2, -0.15) is 0 Å². The Morgan fingerprint density at radius 3 is 1.50 bits per heavy atom. The molecule has 2 aliphatic rings. The minimum absolute atomic E-state index is 0.00621. The lowest BCUT2D eigenvalue weighted by molar-refractivity contribution is -0.165. The maximum absolute atomic E-state index is 6.63. The summed E-state index contributed by atoms with van der Waals surface area (Å²) in [5.74, 6) is 2.72. The Balaban J connectivity index is 1.83. The van der Waals surface area contributed by atoms with Crippen LogP contribution in [0.25, 0.3) is 0 Å². The van der Waals surface area contributed by atoms with Gasteiger partial charge in [0.15, 0.2) is 0 Å². The van der Waals surface area contributed by atoms with Gasteiger partial charge < -0.3 is 37.9 Å². The minimum Gasteiger partial charge on any atom is -0.371 e. The Morgan fingerprint density at radius 1 is 0.595 bits per heavy atom. The number of methoxy groups -OCH3 is 3. The fourth-order valence-electron chi connectivity index (χ4n) is 6.28. The highest BCUT2D eigenvalue weighted by Crippen LogP contribution is 2.33. The monoisotopic (exact) mass is 598 g/mol. The molecule has 0 aromatic rings. The van der Waals surface area contributed by atoms with E-state index in [1.54, 1.807) is 21.3 Å². The summed E-state index contributed by atoms with van der Waals surface area (Å²) >= 11 is 0. The third kappa shape index (κ3) is 15.3. The van der Waals surface area contributed by atoms with E-state index in [4.69, 9.17) is 44.3 Å². The summed E-state index contributed by atoms with van der Waals surface area (Å²) in [6.45, 7) is 3.02. The van der Waals surface area contributed by atoms with Gasteiger partial charge in [0, 0.05) is 27.8 Å². The lowest BCUT2D eigenvalue weighted by Gasteiger charge is -2.29. The first kappa shape index (κ1) is 37.4. The molecule has 0 N–H and O–H groups in total. The molecule has 2 rings (SSSR count). The van der Waals surface area contributed by atoms with Crippen molar-refractivity contribution in [3.8, 4) is 12.3 Å². The molecule has 0 unspecified atom stereocenters. The van der Waals surface area contributed by atoms with Gasteiger partial charge in [0.2, 0.25) is 0 Å². The molecule has 0 aromatic carbocycles. The van der Waals surface area contributed by atoms with Crippen LogP contribution >= 0.6 is 0 Å². The van der Waals surface area contributed by atoms with E-state index in [1.165, 1.54) is 57.8 Å². The summed E-state index contributed by atoms with van der Waals surface area (Å²) in [6.07, 6.45) is 25.7. The zero-order valence-corrected chi connectivity index (χ0v) is 27.2. The van der Waals surface area contributed by atoms with E-state index in [9.17, 15) is 0 Å². The van der Waals surface area contributed by atoms with Crippen LogP contribution in [-0.2, 0) is 37.9 Å². The number of rotatable bonds is 27. The molecule has 2 aliphatic heterocycles. The quantitative estimate of drug-likeness (QED) is 0.0560. The van der Waals surface area contributed by atoms with E-state index in [-0.39, 0.29) is 63.1 Å². The van der Waals surface area contributed by atoms with Crippen molar-refractivity contribution in [1.82, 2.24) is 0 Å². The van der Waals surface area contributed by atoms with Gasteiger partial charge in [-0.25, -0.2) is 0 Å². The van der Waals surface area contributed by atoms with Gasteiger partial charge >= 0.3 is 0 Å². The Kier molecular flexibility index (Phi) is 21.9. The van der Waals surface area contributed by atoms with Crippen LogP contribution in [0.4, 0.5) is 0 Å². The summed E-state index contributed by atoms with van der Waals surface area (Å²) in [5, 5.41) is 0. The molecular weight excluding hydrogens is 536 g/mol. The van der Waals surface area contributed by atoms with Crippen molar-refractivity contribution < 1.29 is 37.9 Å². The van der Waals surface area contributed by atoms with Crippen LogP contribution in [0, 0.1) is 12.3 Å². The van der Waals surface area contributed by atoms with Crippen LogP contribution in [0.1, 0.15) is 122 Å². The van der Waals surface area contributed by atoms with Gasteiger partial charge in [0.25, 0.3) is 0 Å². The second-order valence-electron chi connectivity index (χ2n) is 12.0. The van der Waals surface area contributed by atoms with Crippen LogP contribution in [0.3, 0.4) is 0 Å². The minimum atomic E-state index is -0.105. The molecule has 0 amide bonds. The molecular formula is C34H62O8. The predicted molar refractivity (Wildman–Crippen MR) is 165 cm³/mol. The van der Waals surface area contributed by atoms with Crippen LogP contribution in [0.5, 0.6) is 0 Å². The second-order valence-corrected chi connectivity index (χ2v) is 12.0. The molecule has 0 bridgehead atoms. The Morgan fingerprint density at radius 2 is 1.02 bits per heavy atom. The third-order valence-electron chi connectivity index (χ3n) is 8.59. The Labute approximate surface area is 257 Å². The van der Waals surface area contributed by atoms with E-state index in [0.717, 1.165) is 51.4 Å². The Bertz CT molecular complexity index is 670. The first-order chi connectivity index (χ1) is 20.7. The highest BCUT2D eigenvalue weighted by atomic mass is 16.7. The van der Waals surface area contributed by atoms with Crippen LogP contribution in [0.15, 0.2) is 0 Å². The molecule has 2 fully saturated rings. The zero-order valence-electron chi connectivity index (χ0n) is 27.2. The number of hydrogen-bond donors (Lipinski definition) is 0. The number of ether oxygens (including phenoxy) is 8. The molecule has 2 saturated heterocycles. The fourth-order valence-corrected chi connectivity index (χ4v) is 6.28. The third-order valence-corrected chi connectivity index (χ3v) is 8.59.